The lowest BCUT2D eigenvalue weighted by Crippen LogP contribution is -2.28. The molecule has 1 aliphatic heterocycles. The number of hydrogen-bond acceptors (Lipinski definition) is 5. The molecule has 3 aromatic rings. The minimum atomic E-state index is 0.327. The Hall–Kier alpha value is -2.76. The van der Waals surface area contributed by atoms with Crippen molar-refractivity contribution >= 4 is 22.9 Å². The molecule has 1 aliphatic carbocycles. The molecule has 0 bridgehead atoms. The number of pyridine rings is 1. The summed E-state index contributed by atoms with van der Waals surface area (Å²) in [4.78, 5) is 14.1. The maximum absolute atomic E-state index is 4.94. The molecule has 5 rings (SSSR count). The van der Waals surface area contributed by atoms with E-state index in [1.165, 1.54) is 19.3 Å². The second-order valence-electron chi connectivity index (χ2n) is 7.23. The molecule has 4 heterocycles. The Morgan fingerprint density at radius 2 is 2.12 bits per heavy atom. The van der Waals surface area contributed by atoms with E-state index >= 15 is 0 Å². The van der Waals surface area contributed by atoms with Gasteiger partial charge in [0.05, 0.1) is 28.8 Å². The van der Waals surface area contributed by atoms with Crippen LogP contribution in [-0.2, 0) is 0 Å². The fraction of sp³-hybridized carbons (Fsp3) is 0.400. The number of aliphatic imine (C=N–C) groups is 1. The van der Waals surface area contributed by atoms with Crippen LogP contribution >= 0.6 is 0 Å². The normalized spacial score (nSPS) is 19.3. The summed E-state index contributed by atoms with van der Waals surface area (Å²) in [5.41, 5.74) is 6.24. The van der Waals surface area contributed by atoms with Crippen LogP contribution in [0.4, 0.5) is 11.6 Å². The largest absolute Gasteiger partial charge is 0.350 e. The number of anilines is 1. The quantitative estimate of drug-likeness (QED) is 0.762. The number of fused-ring (bicyclic) bond motifs is 2. The monoisotopic (exact) mass is 346 g/mol. The molecule has 0 radical (unpaired) electrons. The number of rotatable bonds is 4. The molecular formula is C20H22N6. The van der Waals surface area contributed by atoms with Crippen LogP contribution in [0.3, 0.4) is 0 Å². The molecule has 1 unspecified atom stereocenters. The zero-order valence-corrected chi connectivity index (χ0v) is 15.1. The first kappa shape index (κ1) is 15.5. The first-order valence-corrected chi connectivity index (χ1v) is 9.40. The van der Waals surface area contributed by atoms with Crippen LogP contribution < -0.4 is 5.32 Å². The van der Waals surface area contributed by atoms with Gasteiger partial charge in [0.1, 0.15) is 0 Å². The smallest absolute Gasteiger partial charge is 0.241 e. The number of nitrogens with zero attached hydrogens (tertiary/aromatic N) is 5. The van der Waals surface area contributed by atoms with Crippen molar-refractivity contribution in [3.05, 3.63) is 36.3 Å². The molecular weight excluding hydrogens is 324 g/mol. The molecule has 0 spiro atoms. The average Bonchev–Trinajstić information content (AvgIpc) is 3.16. The van der Waals surface area contributed by atoms with Crippen molar-refractivity contribution in [1.29, 1.82) is 0 Å². The van der Waals surface area contributed by atoms with Gasteiger partial charge in [-0.2, -0.15) is 0 Å². The minimum absolute atomic E-state index is 0.327. The van der Waals surface area contributed by atoms with Crippen molar-refractivity contribution in [2.45, 2.75) is 51.5 Å². The highest BCUT2D eigenvalue weighted by Crippen LogP contribution is 2.38. The summed E-state index contributed by atoms with van der Waals surface area (Å²) in [5.74, 6) is 1.02. The van der Waals surface area contributed by atoms with E-state index in [-0.39, 0.29) is 0 Å². The topological polar surface area (TPSA) is 67.5 Å². The van der Waals surface area contributed by atoms with E-state index in [9.17, 15) is 0 Å². The van der Waals surface area contributed by atoms with E-state index in [0.717, 1.165) is 40.3 Å². The summed E-state index contributed by atoms with van der Waals surface area (Å²) in [6.07, 6.45) is 8.59. The molecule has 1 fully saturated rings. The molecule has 0 aromatic carbocycles. The summed E-state index contributed by atoms with van der Waals surface area (Å²) in [6.45, 7) is 4.28. The van der Waals surface area contributed by atoms with Gasteiger partial charge in [-0.15, -0.1) is 5.10 Å². The van der Waals surface area contributed by atoms with Gasteiger partial charge < -0.3 is 5.32 Å². The highest BCUT2D eigenvalue weighted by Gasteiger charge is 2.25. The van der Waals surface area contributed by atoms with Crippen LogP contribution in [-0.4, -0.2) is 31.3 Å². The van der Waals surface area contributed by atoms with Gasteiger partial charge in [0, 0.05) is 29.4 Å². The van der Waals surface area contributed by atoms with Gasteiger partial charge in [0.25, 0.3) is 0 Å². The summed E-state index contributed by atoms with van der Waals surface area (Å²) in [6, 6.07) is 6.71. The van der Waals surface area contributed by atoms with Crippen LogP contribution in [0.5, 0.6) is 0 Å². The number of hydrogen-bond donors (Lipinski definition) is 1. The second kappa shape index (κ2) is 5.90. The molecule has 26 heavy (non-hydrogen) atoms. The molecule has 6 heteroatoms. The third-order valence-corrected chi connectivity index (χ3v) is 5.57. The zero-order valence-electron chi connectivity index (χ0n) is 15.1. The van der Waals surface area contributed by atoms with Gasteiger partial charge in [0.15, 0.2) is 0 Å². The van der Waals surface area contributed by atoms with Crippen molar-refractivity contribution < 1.29 is 0 Å². The fourth-order valence-corrected chi connectivity index (χ4v) is 3.84. The van der Waals surface area contributed by atoms with Gasteiger partial charge in [-0.3, -0.25) is 4.99 Å². The first-order chi connectivity index (χ1) is 12.7. The summed E-state index contributed by atoms with van der Waals surface area (Å²) < 4.78 is 1.89. The van der Waals surface area contributed by atoms with E-state index in [1.807, 2.05) is 23.0 Å². The minimum Gasteiger partial charge on any atom is -0.350 e. The van der Waals surface area contributed by atoms with E-state index in [0.29, 0.717) is 17.9 Å². The Kier molecular flexibility index (Phi) is 3.51. The lowest BCUT2D eigenvalue weighted by atomic mass is 9.93. The van der Waals surface area contributed by atoms with Crippen molar-refractivity contribution in [3.8, 4) is 11.3 Å². The van der Waals surface area contributed by atoms with Crippen LogP contribution in [0.15, 0.2) is 35.6 Å². The van der Waals surface area contributed by atoms with Crippen LogP contribution in [0.2, 0.25) is 0 Å². The van der Waals surface area contributed by atoms with E-state index in [2.05, 4.69) is 46.4 Å². The predicted molar refractivity (Wildman–Crippen MR) is 103 cm³/mol. The highest BCUT2D eigenvalue weighted by atomic mass is 15.3. The van der Waals surface area contributed by atoms with Gasteiger partial charge in [-0.25, -0.2) is 14.5 Å². The summed E-state index contributed by atoms with van der Waals surface area (Å²) >= 11 is 0. The van der Waals surface area contributed by atoms with Crippen molar-refractivity contribution in [3.63, 3.8) is 0 Å². The molecule has 132 valence electrons. The third-order valence-electron chi connectivity index (χ3n) is 5.57. The maximum atomic E-state index is 4.94. The molecule has 6 nitrogen and oxygen atoms in total. The van der Waals surface area contributed by atoms with E-state index in [1.54, 1.807) is 0 Å². The Bertz CT molecular complexity index is 1010. The van der Waals surface area contributed by atoms with Crippen LogP contribution in [0.25, 0.3) is 16.8 Å². The Morgan fingerprint density at radius 1 is 1.23 bits per heavy atom. The lowest BCUT2D eigenvalue weighted by Gasteiger charge is -2.26. The maximum Gasteiger partial charge on any atom is 0.241 e. The van der Waals surface area contributed by atoms with E-state index in [4.69, 9.17) is 4.98 Å². The van der Waals surface area contributed by atoms with Crippen molar-refractivity contribution in [1.82, 2.24) is 19.6 Å². The standard InChI is InChI=1S/C20H22N6/c1-3-14-12(2)22-17-8-7-16(24-19(14)17)15-9-10-26-18(15)11-21-20(25-26)23-13-5-4-6-13/h7-11,13-14H,3-6H2,1-2H3,(H,23,25). The average molecular weight is 346 g/mol. The number of nitrogens with one attached hydrogen (secondary N) is 1. The van der Waals surface area contributed by atoms with Crippen LogP contribution in [0, 0.1) is 0 Å². The van der Waals surface area contributed by atoms with Crippen molar-refractivity contribution in [2.24, 2.45) is 4.99 Å². The Labute approximate surface area is 152 Å². The fourth-order valence-electron chi connectivity index (χ4n) is 3.84. The van der Waals surface area contributed by atoms with Crippen molar-refractivity contribution in [2.75, 3.05) is 5.32 Å². The van der Waals surface area contributed by atoms with E-state index < -0.39 is 0 Å². The SMILES string of the molecule is CCC1C(C)=Nc2ccc(-c3ccn4nc(NC5CCC5)ncc34)nc21. The first-order valence-electron chi connectivity index (χ1n) is 9.40. The molecule has 1 atom stereocenters. The molecule has 2 aliphatic rings. The highest BCUT2D eigenvalue weighted by molar-refractivity contribution is 5.96. The third kappa shape index (κ3) is 2.40. The summed E-state index contributed by atoms with van der Waals surface area (Å²) in [5, 5.41) is 8.00. The number of aromatic nitrogens is 4. The Morgan fingerprint density at radius 3 is 2.88 bits per heavy atom. The lowest BCUT2D eigenvalue weighted by molar-refractivity contribution is 0.442. The van der Waals surface area contributed by atoms with Gasteiger partial charge in [-0.1, -0.05) is 6.92 Å². The van der Waals surface area contributed by atoms with Crippen LogP contribution in [0.1, 0.15) is 51.1 Å². The predicted octanol–water partition coefficient (Wildman–Crippen LogP) is 4.36. The molecule has 0 amide bonds. The Balaban J connectivity index is 1.51. The molecule has 1 N–H and O–H groups in total. The zero-order chi connectivity index (χ0) is 17.7. The summed E-state index contributed by atoms with van der Waals surface area (Å²) in [7, 11) is 0. The molecule has 1 saturated carbocycles. The molecule has 0 saturated heterocycles. The van der Waals surface area contributed by atoms with Gasteiger partial charge >= 0.3 is 0 Å². The van der Waals surface area contributed by atoms with Gasteiger partial charge in [-0.05, 0) is 50.8 Å². The van der Waals surface area contributed by atoms with Gasteiger partial charge in [0.2, 0.25) is 5.95 Å². The molecule has 3 aromatic heterocycles. The second-order valence-corrected chi connectivity index (χ2v) is 7.23.